The molecule has 0 aliphatic carbocycles. The summed E-state index contributed by atoms with van der Waals surface area (Å²) in [6, 6.07) is 5.14. The number of thiazole rings is 1. The summed E-state index contributed by atoms with van der Waals surface area (Å²) >= 11 is 13.1. The summed E-state index contributed by atoms with van der Waals surface area (Å²) in [6.07, 6.45) is 0. The minimum absolute atomic E-state index is 0.0191. The molecule has 0 saturated heterocycles. The number of oxime groups is 1. The normalized spacial score (nSPS) is 11.8. The molecule has 1 heterocycles. The first-order valence-corrected chi connectivity index (χ1v) is 6.13. The Hall–Kier alpha value is -1.30. The van der Waals surface area contributed by atoms with Crippen molar-refractivity contribution in [1.29, 1.82) is 0 Å². The highest BCUT2D eigenvalue weighted by Gasteiger charge is 2.09. The third-order valence-corrected chi connectivity index (χ3v) is 3.29. The van der Waals surface area contributed by atoms with E-state index in [4.69, 9.17) is 34.1 Å². The molecule has 2 rings (SSSR count). The van der Waals surface area contributed by atoms with Crippen molar-refractivity contribution in [2.75, 3.05) is 0 Å². The highest BCUT2D eigenvalue weighted by molar-refractivity contribution is 7.12. The van der Waals surface area contributed by atoms with Crippen molar-refractivity contribution < 1.29 is 5.21 Å². The first-order valence-electron chi connectivity index (χ1n) is 4.50. The highest BCUT2D eigenvalue weighted by Crippen LogP contribution is 2.28. The van der Waals surface area contributed by atoms with Gasteiger partial charge in [-0.05, 0) is 18.2 Å². The van der Waals surface area contributed by atoms with Gasteiger partial charge < -0.3 is 10.9 Å². The molecule has 7 heteroatoms. The molecule has 0 aliphatic rings. The van der Waals surface area contributed by atoms with E-state index in [0.29, 0.717) is 20.7 Å². The molecule has 3 N–H and O–H groups in total. The summed E-state index contributed by atoms with van der Waals surface area (Å²) in [5.41, 5.74) is 6.91. The quantitative estimate of drug-likeness (QED) is 0.386. The largest absolute Gasteiger partial charge is 0.409 e. The molecule has 0 spiro atoms. The van der Waals surface area contributed by atoms with E-state index >= 15 is 0 Å². The van der Waals surface area contributed by atoms with Crippen LogP contribution in [0.25, 0.3) is 11.3 Å². The zero-order valence-corrected chi connectivity index (χ0v) is 10.7. The maximum absolute atomic E-state index is 8.54. The molecule has 0 radical (unpaired) electrons. The third-order valence-electron chi connectivity index (χ3n) is 1.99. The van der Waals surface area contributed by atoms with Gasteiger partial charge in [0.05, 0.1) is 5.69 Å². The molecule has 0 fully saturated rings. The molecule has 0 bridgehead atoms. The maximum atomic E-state index is 8.54. The van der Waals surface area contributed by atoms with Gasteiger partial charge in [-0.2, -0.15) is 0 Å². The number of benzene rings is 1. The lowest BCUT2D eigenvalue weighted by atomic mass is 10.2. The lowest BCUT2D eigenvalue weighted by molar-refractivity contribution is 0.318. The average Bonchev–Trinajstić information content (AvgIpc) is 2.76. The Bertz CT molecular complexity index is 562. The van der Waals surface area contributed by atoms with Crippen molar-refractivity contribution in [2.24, 2.45) is 10.9 Å². The van der Waals surface area contributed by atoms with Crippen LogP contribution in [-0.2, 0) is 0 Å². The van der Waals surface area contributed by atoms with E-state index in [2.05, 4.69) is 10.1 Å². The second kappa shape index (κ2) is 4.91. The van der Waals surface area contributed by atoms with Crippen LogP contribution in [0.5, 0.6) is 0 Å². The summed E-state index contributed by atoms with van der Waals surface area (Å²) in [6.45, 7) is 0. The third kappa shape index (κ3) is 2.69. The Labute approximate surface area is 111 Å². The molecule has 0 amide bonds. The lowest BCUT2D eigenvalue weighted by Gasteiger charge is -1.99. The average molecular weight is 288 g/mol. The van der Waals surface area contributed by atoms with Crippen LogP contribution < -0.4 is 5.73 Å². The molecule has 0 aliphatic heterocycles. The van der Waals surface area contributed by atoms with Gasteiger partial charge in [-0.25, -0.2) is 4.98 Å². The molecule has 17 heavy (non-hydrogen) atoms. The van der Waals surface area contributed by atoms with Crippen LogP contribution in [-0.4, -0.2) is 16.0 Å². The second-order valence-electron chi connectivity index (χ2n) is 3.18. The van der Waals surface area contributed by atoms with Gasteiger partial charge in [-0.15, -0.1) is 11.3 Å². The summed E-state index contributed by atoms with van der Waals surface area (Å²) in [5.74, 6) is -0.0191. The van der Waals surface area contributed by atoms with E-state index in [9.17, 15) is 0 Å². The van der Waals surface area contributed by atoms with Crippen LogP contribution in [0.15, 0.2) is 28.7 Å². The minimum atomic E-state index is -0.0191. The van der Waals surface area contributed by atoms with Gasteiger partial charge in [0.2, 0.25) is 0 Å². The van der Waals surface area contributed by atoms with Crippen LogP contribution in [0.2, 0.25) is 10.0 Å². The minimum Gasteiger partial charge on any atom is -0.409 e. The summed E-state index contributed by atoms with van der Waals surface area (Å²) in [4.78, 5) is 4.22. The van der Waals surface area contributed by atoms with E-state index in [1.807, 2.05) is 0 Å². The first-order chi connectivity index (χ1) is 8.10. The van der Waals surface area contributed by atoms with Crippen LogP contribution in [0.3, 0.4) is 0 Å². The van der Waals surface area contributed by atoms with Gasteiger partial charge in [0.1, 0.15) is 0 Å². The van der Waals surface area contributed by atoms with Gasteiger partial charge in [-0.1, -0.05) is 28.4 Å². The number of nitrogens with zero attached hydrogens (tertiary/aromatic N) is 2. The summed E-state index contributed by atoms with van der Waals surface area (Å²) in [5, 5.41) is 14.7. The Morgan fingerprint density at radius 3 is 2.53 bits per heavy atom. The number of hydrogen-bond acceptors (Lipinski definition) is 4. The van der Waals surface area contributed by atoms with E-state index in [0.717, 1.165) is 5.56 Å². The van der Waals surface area contributed by atoms with Crippen molar-refractivity contribution in [3.05, 3.63) is 38.6 Å². The summed E-state index contributed by atoms with van der Waals surface area (Å²) in [7, 11) is 0. The van der Waals surface area contributed by atoms with Gasteiger partial charge in [0.25, 0.3) is 0 Å². The molecule has 4 nitrogen and oxygen atoms in total. The molecule has 2 aromatic rings. The number of aromatic nitrogens is 1. The molecular formula is C10H7Cl2N3OS. The second-order valence-corrected chi connectivity index (χ2v) is 4.91. The Morgan fingerprint density at radius 1 is 1.29 bits per heavy atom. The van der Waals surface area contributed by atoms with Crippen LogP contribution in [0, 0.1) is 0 Å². The van der Waals surface area contributed by atoms with Crippen molar-refractivity contribution >= 4 is 40.4 Å². The SMILES string of the molecule is NC(=NO)c1nc(-c2cc(Cl)cc(Cl)c2)cs1. The Balaban J connectivity index is 2.43. The molecule has 0 saturated carbocycles. The molecule has 1 aromatic heterocycles. The van der Waals surface area contributed by atoms with Gasteiger partial charge >= 0.3 is 0 Å². The molecule has 0 unspecified atom stereocenters. The Morgan fingerprint density at radius 2 is 1.94 bits per heavy atom. The van der Waals surface area contributed by atoms with Crippen molar-refractivity contribution in [2.45, 2.75) is 0 Å². The van der Waals surface area contributed by atoms with E-state index in [1.54, 1.807) is 23.6 Å². The number of amidine groups is 1. The maximum Gasteiger partial charge on any atom is 0.199 e. The summed E-state index contributed by atoms with van der Waals surface area (Å²) < 4.78 is 0. The number of nitrogens with two attached hydrogens (primary N) is 1. The fourth-order valence-electron chi connectivity index (χ4n) is 1.27. The van der Waals surface area contributed by atoms with Gasteiger partial charge in [-0.3, -0.25) is 0 Å². The lowest BCUT2D eigenvalue weighted by Crippen LogP contribution is -2.12. The Kier molecular flexibility index (Phi) is 3.51. The van der Waals surface area contributed by atoms with Crippen LogP contribution in [0.4, 0.5) is 0 Å². The highest BCUT2D eigenvalue weighted by atomic mass is 35.5. The molecular weight excluding hydrogens is 281 g/mol. The zero-order valence-electron chi connectivity index (χ0n) is 8.39. The zero-order chi connectivity index (χ0) is 12.4. The number of rotatable bonds is 2. The van der Waals surface area contributed by atoms with E-state index in [1.165, 1.54) is 11.3 Å². The fourth-order valence-corrected chi connectivity index (χ4v) is 2.52. The van der Waals surface area contributed by atoms with Crippen molar-refractivity contribution in [1.82, 2.24) is 4.98 Å². The number of hydrogen-bond donors (Lipinski definition) is 2. The standard InChI is InChI=1S/C10H7Cl2N3OS/c11-6-1-5(2-7(12)3-6)8-4-17-10(14-8)9(13)15-16/h1-4,16H,(H2,13,15). The van der Waals surface area contributed by atoms with Gasteiger partial charge in [0, 0.05) is 21.0 Å². The van der Waals surface area contributed by atoms with E-state index in [-0.39, 0.29) is 5.84 Å². The van der Waals surface area contributed by atoms with Crippen LogP contribution >= 0.6 is 34.5 Å². The van der Waals surface area contributed by atoms with Crippen molar-refractivity contribution in [3.8, 4) is 11.3 Å². The fraction of sp³-hybridized carbons (Fsp3) is 0. The molecule has 1 aromatic carbocycles. The molecule has 0 atom stereocenters. The topological polar surface area (TPSA) is 71.5 Å². The van der Waals surface area contributed by atoms with Gasteiger partial charge in [0.15, 0.2) is 10.8 Å². The molecule has 88 valence electrons. The predicted octanol–water partition coefficient (Wildman–Crippen LogP) is 3.21. The smallest absolute Gasteiger partial charge is 0.199 e. The number of halogens is 2. The monoisotopic (exact) mass is 287 g/mol. The van der Waals surface area contributed by atoms with Crippen LogP contribution in [0.1, 0.15) is 5.01 Å². The van der Waals surface area contributed by atoms with E-state index < -0.39 is 0 Å². The van der Waals surface area contributed by atoms with Crippen molar-refractivity contribution in [3.63, 3.8) is 0 Å². The predicted molar refractivity (Wildman–Crippen MR) is 70.1 cm³/mol. The first kappa shape index (κ1) is 12.2.